The summed E-state index contributed by atoms with van der Waals surface area (Å²) in [7, 11) is -2.44. The van der Waals surface area contributed by atoms with Crippen LogP contribution in [0.2, 0.25) is 0 Å². The summed E-state index contributed by atoms with van der Waals surface area (Å²) >= 11 is 0. The van der Waals surface area contributed by atoms with Crippen LogP contribution in [0.25, 0.3) is 10.8 Å². The number of hydrogen-bond acceptors (Lipinski definition) is 5. The first-order valence-corrected chi connectivity index (χ1v) is 9.65. The van der Waals surface area contributed by atoms with E-state index in [2.05, 4.69) is 4.98 Å². The molecule has 0 saturated carbocycles. The maximum atomic E-state index is 13.4. The number of H-pyrrole nitrogens is 1. The second kappa shape index (κ2) is 6.14. The second-order valence-electron chi connectivity index (χ2n) is 6.14. The molecule has 0 unspecified atom stereocenters. The molecule has 3 aromatic rings. The van der Waals surface area contributed by atoms with E-state index in [0.29, 0.717) is 34.2 Å². The van der Waals surface area contributed by atoms with Crippen LogP contribution in [0.1, 0.15) is 11.1 Å². The maximum Gasteiger partial charge on any atom is 0.264 e. The third-order valence-corrected chi connectivity index (χ3v) is 6.58. The Morgan fingerprint density at radius 2 is 2.04 bits per heavy atom. The quantitative estimate of drug-likeness (QED) is 0.749. The van der Waals surface area contributed by atoms with Gasteiger partial charge in [-0.1, -0.05) is 6.07 Å². The summed E-state index contributed by atoms with van der Waals surface area (Å²) in [5, 5.41) is 9.92. The third kappa shape index (κ3) is 2.55. The van der Waals surface area contributed by atoms with Crippen LogP contribution < -0.4 is 14.6 Å². The Labute approximate surface area is 155 Å². The molecule has 8 heteroatoms. The van der Waals surface area contributed by atoms with Crippen LogP contribution in [0.4, 0.5) is 5.69 Å². The number of nitrogens with zero attached hydrogens (tertiary/aromatic N) is 2. The monoisotopic (exact) mass is 381 g/mol. The number of aromatic amines is 1. The van der Waals surface area contributed by atoms with E-state index in [0.717, 1.165) is 5.56 Å². The summed E-state index contributed by atoms with van der Waals surface area (Å²) in [6.45, 7) is 0.239. The van der Waals surface area contributed by atoms with E-state index in [1.807, 2.05) is 6.07 Å². The summed E-state index contributed by atoms with van der Waals surface area (Å²) in [5.74, 6) is 0.496. The minimum Gasteiger partial charge on any atom is -0.496 e. The van der Waals surface area contributed by atoms with Crippen LogP contribution >= 0.6 is 0 Å². The van der Waals surface area contributed by atoms with Gasteiger partial charge in [0.1, 0.15) is 5.75 Å². The van der Waals surface area contributed by atoms with Gasteiger partial charge in [0.25, 0.3) is 15.6 Å². The van der Waals surface area contributed by atoms with Crippen molar-refractivity contribution in [3.8, 4) is 11.8 Å². The molecule has 1 aromatic heterocycles. The lowest BCUT2D eigenvalue weighted by Gasteiger charge is -2.21. The van der Waals surface area contributed by atoms with Crippen molar-refractivity contribution in [2.45, 2.75) is 11.3 Å². The van der Waals surface area contributed by atoms with Crippen LogP contribution in [0.5, 0.6) is 5.75 Å². The lowest BCUT2D eigenvalue weighted by molar-refractivity contribution is 0.411. The molecule has 2 heterocycles. The zero-order valence-corrected chi connectivity index (χ0v) is 15.2. The van der Waals surface area contributed by atoms with E-state index < -0.39 is 10.0 Å². The average molecular weight is 381 g/mol. The molecule has 0 saturated heterocycles. The SMILES string of the molecule is COc1cc(C#N)cc2c1CCN2S(=O)(=O)c1cccc2c(=O)[nH]ccc12. The van der Waals surface area contributed by atoms with Gasteiger partial charge in [0, 0.05) is 29.1 Å². The normalized spacial score (nSPS) is 13.4. The number of anilines is 1. The summed E-state index contributed by atoms with van der Waals surface area (Å²) in [4.78, 5) is 14.6. The summed E-state index contributed by atoms with van der Waals surface area (Å²) < 4.78 is 33.4. The van der Waals surface area contributed by atoms with E-state index in [1.165, 1.54) is 23.7 Å². The molecule has 0 bridgehead atoms. The topological polar surface area (TPSA) is 103 Å². The molecule has 0 fully saturated rings. The second-order valence-corrected chi connectivity index (χ2v) is 7.97. The van der Waals surface area contributed by atoms with Crippen molar-refractivity contribution in [2.24, 2.45) is 0 Å². The molecule has 0 amide bonds. The van der Waals surface area contributed by atoms with Gasteiger partial charge in [-0.25, -0.2) is 8.42 Å². The van der Waals surface area contributed by atoms with Crippen molar-refractivity contribution in [1.29, 1.82) is 5.26 Å². The lowest BCUT2D eigenvalue weighted by atomic mass is 10.1. The van der Waals surface area contributed by atoms with Crippen LogP contribution in [0.3, 0.4) is 0 Å². The van der Waals surface area contributed by atoms with Crippen molar-refractivity contribution >= 4 is 26.5 Å². The zero-order chi connectivity index (χ0) is 19.2. The number of benzene rings is 2. The Morgan fingerprint density at radius 3 is 2.78 bits per heavy atom. The smallest absolute Gasteiger partial charge is 0.264 e. The van der Waals surface area contributed by atoms with E-state index in [4.69, 9.17) is 4.74 Å². The number of pyridine rings is 1. The molecule has 2 aromatic carbocycles. The van der Waals surface area contributed by atoms with Gasteiger partial charge in [-0.2, -0.15) is 5.26 Å². The highest BCUT2D eigenvalue weighted by Gasteiger charge is 2.34. The van der Waals surface area contributed by atoms with Gasteiger partial charge in [0.2, 0.25) is 0 Å². The summed E-state index contributed by atoms with van der Waals surface area (Å²) in [5.41, 5.74) is 1.16. The van der Waals surface area contributed by atoms with E-state index in [1.54, 1.807) is 30.3 Å². The van der Waals surface area contributed by atoms with Crippen molar-refractivity contribution in [2.75, 3.05) is 18.0 Å². The van der Waals surface area contributed by atoms with Crippen LogP contribution in [-0.4, -0.2) is 27.1 Å². The fraction of sp³-hybridized carbons (Fsp3) is 0.158. The number of aromatic nitrogens is 1. The minimum atomic E-state index is -3.93. The van der Waals surface area contributed by atoms with E-state index >= 15 is 0 Å². The highest BCUT2D eigenvalue weighted by molar-refractivity contribution is 7.93. The van der Waals surface area contributed by atoms with Gasteiger partial charge in [-0.05, 0) is 36.8 Å². The van der Waals surface area contributed by atoms with Crippen molar-refractivity contribution < 1.29 is 13.2 Å². The number of rotatable bonds is 3. The molecule has 1 aliphatic heterocycles. The summed E-state index contributed by atoms with van der Waals surface area (Å²) in [6, 6.07) is 11.4. The molecule has 7 nitrogen and oxygen atoms in total. The van der Waals surface area contributed by atoms with Crippen molar-refractivity contribution in [1.82, 2.24) is 4.98 Å². The highest BCUT2D eigenvalue weighted by atomic mass is 32.2. The van der Waals surface area contributed by atoms with Crippen molar-refractivity contribution in [3.63, 3.8) is 0 Å². The predicted octanol–water partition coefficient (Wildman–Crippen LogP) is 2.16. The number of ether oxygens (including phenoxy) is 1. The van der Waals surface area contributed by atoms with Gasteiger partial charge in [-0.15, -0.1) is 0 Å². The lowest BCUT2D eigenvalue weighted by Crippen LogP contribution is -2.29. The van der Waals surface area contributed by atoms with Crippen molar-refractivity contribution in [3.05, 3.63) is 64.1 Å². The Balaban J connectivity index is 1.94. The molecule has 4 rings (SSSR count). The van der Waals surface area contributed by atoms with E-state index in [9.17, 15) is 18.5 Å². The molecule has 27 heavy (non-hydrogen) atoms. The zero-order valence-electron chi connectivity index (χ0n) is 14.4. The van der Waals surface area contributed by atoms with Gasteiger partial charge in [0.05, 0.1) is 29.3 Å². The number of fused-ring (bicyclic) bond motifs is 2. The van der Waals surface area contributed by atoms with Gasteiger partial charge >= 0.3 is 0 Å². The number of methoxy groups -OCH3 is 1. The summed E-state index contributed by atoms with van der Waals surface area (Å²) in [6.07, 6.45) is 1.91. The largest absolute Gasteiger partial charge is 0.496 e. The number of nitriles is 1. The Kier molecular flexibility index (Phi) is 3.89. The molecule has 0 spiro atoms. The molecule has 0 radical (unpaired) electrons. The molecule has 0 atom stereocenters. The first kappa shape index (κ1) is 17.1. The molecule has 1 aliphatic rings. The van der Waals surface area contributed by atoms with Crippen LogP contribution in [0, 0.1) is 11.3 Å². The Bertz CT molecular complexity index is 1270. The van der Waals surface area contributed by atoms with Crippen LogP contribution in [-0.2, 0) is 16.4 Å². The number of sulfonamides is 1. The highest BCUT2D eigenvalue weighted by Crippen LogP contribution is 2.40. The van der Waals surface area contributed by atoms with Gasteiger partial charge < -0.3 is 9.72 Å². The standard InChI is InChI=1S/C19H15N3O4S/c1-26-17-10-12(11-20)9-16-15(17)6-8-22(16)27(24,25)18-4-2-3-14-13(18)5-7-21-19(14)23/h2-5,7,9-10H,6,8H2,1H3,(H,21,23). The van der Waals surface area contributed by atoms with E-state index in [-0.39, 0.29) is 17.0 Å². The molecule has 1 N–H and O–H groups in total. The predicted molar refractivity (Wildman–Crippen MR) is 101 cm³/mol. The number of hydrogen-bond donors (Lipinski definition) is 1. The first-order valence-electron chi connectivity index (χ1n) is 8.21. The Hall–Kier alpha value is -3.31. The molecular formula is C19H15N3O4S. The minimum absolute atomic E-state index is 0.0558. The number of nitrogens with one attached hydrogen (secondary N) is 1. The first-order chi connectivity index (χ1) is 13.0. The fourth-order valence-corrected chi connectivity index (χ4v) is 5.17. The average Bonchev–Trinajstić information content (AvgIpc) is 3.12. The fourth-order valence-electron chi connectivity index (χ4n) is 3.47. The van der Waals surface area contributed by atoms with Gasteiger partial charge in [-0.3, -0.25) is 9.10 Å². The Morgan fingerprint density at radius 1 is 1.22 bits per heavy atom. The maximum absolute atomic E-state index is 13.4. The third-order valence-electron chi connectivity index (χ3n) is 4.71. The molecule has 0 aliphatic carbocycles. The molecular weight excluding hydrogens is 366 g/mol. The molecule has 136 valence electrons. The van der Waals surface area contributed by atoms with Gasteiger partial charge in [0.15, 0.2) is 0 Å². The van der Waals surface area contributed by atoms with Crippen LogP contribution in [0.15, 0.2) is 52.3 Å².